The van der Waals surface area contributed by atoms with Crippen LogP contribution in [0.1, 0.15) is 18.4 Å². The molecule has 1 fully saturated rings. The zero-order valence-corrected chi connectivity index (χ0v) is 11.8. The Morgan fingerprint density at radius 1 is 1.24 bits per heavy atom. The van der Waals surface area contributed by atoms with Crippen molar-refractivity contribution in [1.82, 2.24) is 0 Å². The lowest BCUT2D eigenvalue weighted by molar-refractivity contribution is -0.137. The number of carbonyl (C=O) groups is 1. The molecule has 8 heteroatoms. The molecule has 1 heterocycles. The van der Waals surface area contributed by atoms with E-state index in [1.54, 1.807) is 0 Å². The molecule has 0 aromatic heterocycles. The molecule has 0 saturated carbocycles. The van der Waals surface area contributed by atoms with E-state index in [9.17, 15) is 26.4 Å². The summed E-state index contributed by atoms with van der Waals surface area (Å²) in [4.78, 5) is 11.7. The topological polar surface area (TPSA) is 63.2 Å². The lowest BCUT2D eigenvalue weighted by Crippen LogP contribution is -2.17. The number of benzene rings is 1. The highest BCUT2D eigenvalue weighted by Gasteiger charge is 2.31. The zero-order valence-electron chi connectivity index (χ0n) is 11.0. The first-order valence-electron chi connectivity index (χ1n) is 6.33. The maximum absolute atomic E-state index is 12.4. The molecule has 4 nitrogen and oxygen atoms in total. The van der Waals surface area contributed by atoms with Gasteiger partial charge in [0.15, 0.2) is 9.84 Å². The SMILES string of the molecule is O=C(C[C@@H]1CCS(=O)(=O)C1)Nc1ccc(C(F)(F)F)cc1. The van der Waals surface area contributed by atoms with Gasteiger partial charge in [0, 0.05) is 12.1 Å². The largest absolute Gasteiger partial charge is 0.416 e. The summed E-state index contributed by atoms with van der Waals surface area (Å²) in [7, 11) is -3.04. The van der Waals surface area contributed by atoms with E-state index < -0.39 is 27.5 Å². The number of nitrogens with one attached hydrogen (secondary N) is 1. The summed E-state index contributed by atoms with van der Waals surface area (Å²) in [6.07, 6.45) is -3.91. The van der Waals surface area contributed by atoms with Crippen LogP contribution in [0.4, 0.5) is 18.9 Å². The van der Waals surface area contributed by atoms with Crippen LogP contribution < -0.4 is 5.32 Å². The normalized spacial score (nSPS) is 21.2. The van der Waals surface area contributed by atoms with Gasteiger partial charge in [-0.05, 0) is 36.6 Å². The molecule has 116 valence electrons. The van der Waals surface area contributed by atoms with E-state index in [-0.39, 0.29) is 29.5 Å². The minimum atomic E-state index is -4.42. The van der Waals surface area contributed by atoms with Gasteiger partial charge in [0.25, 0.3) is 0 Å². The van der Waals surface area contributed by atoms with Crippen LogP contribution in [0.15, 0.2) is 24.3 Å². The van der Waals surface area contributed by atoms with Crippen molar-refractivity contribution in [2.24, 2.45) is 5.92 Å². The minimum absolute atomic E-state index is 0.00652. The quantitative estimate of drug-likeness (QED) is 0.930. The summed E-state index contributed by atoms with van der Waals surface area (Å²) >= 11 is 0. The van der Waals surface area contributed by atoms with Gasteiger partial charge in [-0.15, -0.1) is 0 Å². The second kappa shape index (κ2) is 5.67. The molecule has 1 aliphatic rings. The molecule has 2 rings (SSSR count). The van der Waals surface area contributed by atoms with Crippen molar-refractivity contribution in [2.45, 2.75) is 19.0 Å². The third-order valence-corrected chi connectivity index (χ3v) is 5.13. The summed E-state index contributed by atoms with van der Waals surface area (Å²) < 4.78 is 59.7. The number of anilines is 1. The predicted molar refractivity (Wildman–Crippen MR) is 71.5 cm³/mol. The predicted octanol–water partition coefficient (Wildman–Crippen LogP) is 2.47. The molecule has 1 saturated heterocycles. The average Bonchev–Trinajstić information content (AvgIpc) is 2.68. The number of carbonyl (C=O) groups excluding carboxylic acids is 1. The Balaban J connectivity index is 1.91. The average molecular weight is 321 g/mol. The van der Waals surface area contributed by atoms with Gasteiger partial charge in [-0.2, -0.15) is 13.2 Å². The molecule has 0 spiro atoms. The Hall–Kier alpha value is -1.57. The fraction of sp³-hybridized carbons (Fsp3) is 0.462. The van der Waals surface area contributed by atoms with Crippen molar-refractivity contribution in [3.63, 3.8) is 0 Å². The summed E-state index contributed by atoms with van der Waals surface area (Å²) in [6, 6.07) is 4.11. The summed E-state index contributed by atoms with van der Waals surface area (Å²) in [5, 5.41) is 2.47. The minimum Gasteiger partial charge on any atom is -0.326 e. The molecule has 0 unspecified atom stereocenters. The summed E-state index contributed by atoms with van der Waals surface area (Å²) in [5.41, 5.74) is -0.531. The van der Waals surface area contributed by atoms with E-state index in [0.717, 1.165) is 12.1 Å². The van der Waals surface area contributed by atoms with E-state index in [1.807, 2.05) is 0 Å². The van der Waals surface area contributed by atoms with Crippen LogP contribution in [0.5, 0.6) is 0 Å². The molecule has 1 aliphatic heterocycles. The Morgan fingerprint density at radius 2 is 1.86 bits per heavy atom. The lowest BCUT2D eigenvalue weighted by Gasteiger charge is -2.10. The van der Waals surface area contributed by atoms with E-state index in [1.165, 1.54) is 12.1 Å². The third-order valence-electron chi connectivity index (χ3n) is 3.30. The van der Waals surface area contributed by atoms with Crippen LogP contribution in [-0.4, -0.2) is 25.8 Å². The first kappa shape index (κ1) is 15.8. The highest BCUT2D eigenvalue weighted by atomic mass is 32.2. The first-order valence-corrected chi connectivity index (χ1v) is 8.15. The molecule has 1 aromatic carbocycles. The highest BCUT2D eigenvalue weighted by molar-refractivity contribution is 7.91. The Kier molecular flexibility index (Phi) is 4.27. The molecule has 21 heavy (non-hydrogen) atoms. The van der Waals surface area contributed by atoms with Crippen molar-refractivity contribution in [1.29, 1.82) is 0 Å². The molecular weight excluding hydrogens is 307 g/mol. The lowest BCUT2D eigenvalue weighted by atomic mass is 10.0. The fourth-order valence-electron chi connectivity index (χ4n) is 2.25. The van der Waals surface area contributed by atoms with Gasteiger partial charge in [-0.25, -0.2) is 8.42 Å². The van der Waals surface area contributed by atoms with Gasteiger partial charge in [0.05, 0.1) is 17.1 Å². The maximum atomic E-state index is 12.4. The number of sulfone groups is 1. The van der Waals surface area contributed by atoms with Gasteiger partial charge in [0.2, 0.25) is 5.91 Å². The summed E-state index contributed by atoms with van der Waals surface area (Å²) in [6.45, 7) is 0. The molecule has 1 aromatic rings. The monoisotopic (exact) mass is 321 g/mol. The van der Waals surface area contributed by atoms with Gasteiger partial charge in [-0.3, -0.25) is 4.79 Å². The number of rotatable bonds is 3. The summed E-state index contributed by atoms with van der Waals surface area (Å²) in [5.74, 6) is -0.528. The van der Waals surface area contributed by atoms with Gasteiger partial charge >= 0.3 is 6.18 Å². The van der Waals surface area contributed by atoms with Crippen LogP contribution in [0.2, 0.25) is 0 Å². The van der Waals surface area contributed by atoms with E-state index in [0.29, 0.717) is 6.42 Å². The number of amides is 1. The van der Waals surface area contributed by atoms with Crippen molar-refractivity contribution < 1.29 is 26.4 Å². The second-order valence-electron chi connectivity index (χ2n) is 5.10. The number of hydrogen-bond acceptors (Lipinski definition) is 3. The van der Waals surface area contributed by atoms with Crippen LogP contribution in [0, 0.1) is 5.92 Å². The standard InChI is InChI=1S/C13H14F3NO3S/c14-13(15,16)10-1-3-11(4-2-10)17-12(18)7-9-5-6-21(19,20)8-9/h1-4,9H,5-8H2,(H,17,18)/t9-/m0/s1. The van der Waals surface area contributed by atoms with E-state index in [2.05, 4.69) is 5.32 Å². The third kappa shape index (κ3) is 4.45. The molecule has 0 radical (unpaired) electrons. The molecule has 1 atom stereocenters. The Morgan fingerprint density at radius 3 is 2.33 bits per heavy atom. The molecule has 0 bridgehead atoms. The molecular formula is C13H14F3NO3S. The Labute approximate surface area is 120 Å². The van der Waals surface area contributed by atoms with Crippen molar-refractivity contribution in [2.75, 3.05) is 16.8 Å². The highest BCUT2D eigenvalue weighted by Crippen LogP contribution is 2.30. The smallest absolute Gasteiger partial charge is 0.326 e. The van der Waals surface area contributed by atoms with E-state index in [4.69, 9.17) is 0 Å². The van der Waals surface area contributed by atoms with E-state index >= 15 is 0 Å². The number of hydrogen-bond donors (Lipinski definition) is 1. The van der Waals surface area contributed by atoms with Crippen molar-refractivity contribution >= 4 is 21.4 Å². The van der Waals surface area contributed by atoms with Crippen molar-refractivity contribution in [3.05, 3.63) is 29.8 Å². The van der Waals surface area contributed by atoms with Crippen molar-refractivity contribution in [3.8, 4) is 0 Å². The Bertz CT molecular complexity index is 623. The van der Waals surface area contributed by atoms with Crippen LogP contribution in [-0.2, 0) is 20.8 Å². The molecule has 1 amide bonds. The van der Waals surface area contributed by atoms with Gasteiger partial charge in [0.1, 0.15) is 0 Å². The molecule has 0 aliphatic carbocycles. The second-order valence-corrected chi connectivity index (χ2v) is 7.33. The number of halogens is 3. The van der Waals surface area contributed by atoms with Gasteiger partial charge in [-0.1, -0.05) is 0 Å². The molecule has 1 N–H and O–H groups in total. The fourth-order valence-corrected chi connectivity index (χ4v) is 4.11. The first-order chi connectivity index (χ1) is 9.66. The van der Waals surface area contributed by atoms with Crippen LogP contribution in [0.25, 0.3) is 0 Å². The van der Waals surface area contributed by atoms with Crippen LogP contribution >= 0.6 is 0 Å². The number of alkyl halides is 3. The maximum Gasteiger partial charge on any atom is 0.416 e. The van der Waals surface area contributed by atoms with Gasteiger partial charge < -0.3 is 5.32 Å². The zero-order chi connectivity index (χ0) is 15.7. The van der Waals surface area contributed by atoms with Crippen LogP contribution in [0.3, 0.4) is 0 Å².